The Hall–Kier alpha value is -2.29. The van der Waals surface area contributed by atoms with Crippen LogP contribution in [0.25, 0.3) is 0 Å². The Bertz CT molecular complexity index is 1220. The predicted octanol–water partition coefficient (Wildman–Crippen LogP) is 5.70. The molecule has 3 aromatic carbocycles. The van der Waals surface area contributed by atoms with Crippen molar-refractivity contribution < 1.29 is 17.9 Å². The van der Waals surface area contributed by atoms with Gasteiger partial charge in [-0.05, 0) is 48.9 Å². The Balaban J connectivity index is 1.62. The van der Waals surface area contributed by atoms with Gasteiger partial charge in [-0.3, -0.25) is 4.79 Å². The summed E-state index contributed by atoms with van der Waals surface area (Å²) in [5.74, 6) is -0.277. The molecule has 3 aromatic rings. The van der Waals surface area contributed by atoms with Crippen LogP contribution in [0.4, 0.5) is 5.69 Å². The van der Waals surface area contributed by atoms with E-state index in [0.29, 0.717) is 15.7 Å². The summed E-state index contributed by atoms with van der Waals surface area (Å²) in [6.45, 7) is 1.41. The Labute approximate surface area is 201 Å². The lowest BCUT2D eigenvalue weighted by Gasteiger charge is -2.15. The number of benzene rings is 3. The fraction of sp³-hybridized carbons (Fsp3) is 0.136. The summed E-state index contributed by atoms with van der Waals surface area (Å²) >= 11 is 18.0. The third-order valence-corrected chi connectivity index (χ3v) is 6.98. The van der Waals surface area contributed by atoms with Crippen molar-refractivity contribution in [3.05, 3.63) is 87.4 Å². The van der Waals surface area contributed by atoms with E-state index in [-0.39, 0.29) is 22.3 Å². The molecule has 6 nitrogen and oxygen atoms in total. The molecule has 0 aromatic heterocycles. The molecule has 0 unspecified atom stereocenters. The van der Waals surface area contributed by atoms with Crippen molar-refractivity contribution in [1.82, 2.24) is 4.72 Å². The Morgan fingerprint density at radius 1 is 0.938 bits per heavy atom. The van der Waals surface area contributed by atoms with E-state index in [1.165, 1.54) is 24.3 Å². The second-order valence-corrected chi connectivity index (χ2v) is 9.75. The first kappa shape index (κ1) is 24.4. The molecule has 0 spiro atoms. The Morgan fingerprint density at radius 3 is 2.31 bits per heavy atom. The van der Waals surface area contributed by atoms with Crippen LogP contribution in [0.3, 0.4) is 0 Å². The maximum atomic E-state index is 12.7. The number of nitrogens with one attached hydrogen (secondary N) is 2. The summed E-state index contributed by atoms with van der Waals surface area (Å²) in [5.41, 5.74) is 1.29. The second kappa shape index (κ2) is 10.6. The Kier molecular flexibility index (Phi) is 8.03. The van der Waals surface area contributed by atoms with E-state index in [2.05, 4.69) is 10.0 Å². The number of amides is 1. The van der Waals surface area contributed by atoms with Crippen molar-refractivity contribution in [3.8, 4) is 5.75 Å². The van der Waals surface area contributed by atoms with Crippen molar-refractivity contribution in [2.24, 2.45) is 0 Å². The molecule has 1 amide bonds. The molecule has 0 aliphatic carbocycles. The summed E-state index contributed by atoms with van der Waals surface area (Å²) in [6.07, 6.45) is 0. The Morgan fingerprint density at radius 2 is 1.66 bits per heavy atom. The van der Waals surface area contributed by atoms with Crippen LogP contribution in [0.2, 0.25) is 15.1 Å². The number of anilines is 1. The summed E-state index contributed by atoms with van der Waals surface area (Å²) in [7, 11) is -3.82. The van der Waals surface area contributed by atoms with Gasteiger partial charge >= 0.3 is 0 Å². The molecule has 0 aliphatic rings. The quantitative estimate of drug-likeness (QED) is 0.404. The van der Waals surface area contributed by atoms with Crippen molar-refractivity contribution in [3.63, 3.8) is 0 Å². The molecule has 1 atom stereocenters. The number of carbonyl (C=O) groups excluding carboxylic acids is 1. The first-order valence-corrected chi connectivity index (χ1v) is 12.0. The number of halogens is 3. The zero-order valence-electron chi connectivity index (χ0n) is 16.8. The summed E-state index contributed by atoms with van der Waals surface area (Å²) in [4.78, 5) is 12.1. The molecule has 0 heterocycles. The molecule has 2 N–H and O–H groups in total. The van der Waals surface area contributed by atoms with E-state index < -0.39 is 22.0 Å². The van der Waals surface area contributed by atoms with E-state index in [1.54, 1.807) is 19.1 Å². The minimum atomic E-state index is -3.82. The van der Waals surface area contributed by atoms with Gasteiger partial charge in [0, 0.05) is 11.7 Å². The van der Waals surface area contributed by atoms with Gasteiger partial charge in [0.05, 0.1) is 20.0 Å². The van der Waals surface area contributed by atoms with E-state index in [0.717, 1.165) is 5.56 Å². The van der Waals surface area contributed by atoms with Crippen LogP contribution in [0.5, 0.6) is 5.75 Å². The lowest BCUT2D eigenvalue weighted by molar-refractivity contribution is -0.118. The third-order valence-electron chi connectivity index (χ3n) is 4.41. The number of hydrogen-bond acceptors (Lipinski definition) is 4. The average Bonchev–Trinajstić information content (AvgIpc) is 2.75. The number of hydrogen-bond donors (Lipinski definition) is 2. The normalized spacial score (nSPS) is 12.2. The van der Waals surface area contributed by atoms with Crippen LogP contribution in [0, 0.1) is 0 Å². The van der Waals surface area contributed by atoms with Crippen molar-refractivity contribution in [2.45, 2.75) is 17.9 Å². The molecule has 168 valence electrons. The van der Waals surface area contributed by atoms with E-state index >= 15 is 0 Å². The van der Waals surface area contributed by atoms with Crippen LogP contribution in [0.1, 0.15) is 18.5 Å². The van der Waals surface area contributed by atoms with Crippen molar-refractivity contribution in [2.75, 3.05) is 11.9 Å². The summed E-state index contributed by atoms with van der Waals surface area (Å²) in [5, 5.41) is 3.35. The van der Waals surface area contributed by atoms with E-state index in [4.69, 9.17) is 39.5 Å². The van der Waals surface area contributed by atoms with E-state index in [9.17, 15) is 13.2 Å². The van der Waals surface area contributed by atoms with Crippen LogP contribution in [0.15, 0.2) is 71.6 Å². The topological polar surface area (TPSA) is 84.5 Å². The van der Waals surface area contributed by atoms with Gasteiger partial charge in [-0.25, -0.2) is 13.1 Å². The fourth-order valence-electron chi connectivity index (χ4n) is 2.79. The largest absolute Gasteiger partial charge is 0.482 e. The van der Waals surface area contributed by atoms with Gasteiger partial charge in [-0.2, -0.15) is 0 Å². The average molecular weight is 514 g/mol. The second-order valence-electron chi connectivity index (χ2n) is 6.81. The highest BCUT2D eigenvalue weighted by molar-refractivity contribution is 7.89. The standard InChI is InChI=1S/C22H19Cl3N2O4S/c1-14(15-5-3-2-4-6-15)27-32(29,30)17-8-10-21(20(25)12-17)31-13-22(28)26-16-7-9-18(23)19(24)11-16/h2-12,14,27H,13H2,1H3,(H,26,28)/t14-/m0/s1. The smallest absolute Gasteiger partial charge is 0.262 e. The van der Waals surface area contributed by atoms with Crippen LogP contribution in [-0.4, -0.2) is 20.9 Å². The molecular formula is C22H19Cl3N2O4S. The van der Waals surface area contributed by atoms with Gasteiger partial charge in [0.15, 0.2) is 6.61 Å². The van der Waals surface area contributed by atoms with Crippen LogP contribution >= 0.6 is 34.8 Å². The van der Waals surface area contributed by atoms with Crippen molar-refractivity contribution in [1.29, 1.82) is 0 Å². The number of sulfonamides is 1. The maximum absolute atomic E-state index is 12.7. The number of carbonyl (C=O) groups is 1. The molecule has 0 fully saturated rings. The molecule has 0 bridgehead atoms. The minimum absolute atomic E-state index is 0.0158. The summed E-state index contributed by atoms with van der Waals surface area (Å²) in [6, 6.07) is 17.5. The molecule has 0 saturated heterocycles. The van der Waals surface area contributed by atoms with Crippen molar-refractivity contribution >= 4 is 56.4 Å². The highest BCUT2D eigenvalue weighted by Gasteiger charge is 2.20. The lowest BCUT2D eigenvalue weighted by Crippen LogP contribution is -2.27. The number of ether oxygens (including phenoxy) is 1. The molecule has 0 saturated carbocycles. The molecule has 32 heavy (non-hydrogen) atoms. The molecule has 0 aliphatic heterocycles. The highest BCUT2D eigenvalue weighted by Crippen LogP contribution is 2.28. The zero-order valence-corrected chi connectivity index (χ0v) is 19.9. The molecular weight excluding hydrogens is 495 g/mol. The molecule has 3 rings (SSSR count). The van der Waals surface area contributed by atoms with Gasteiger partial charge in [0.2, 0.25) is 10.0 Å². The highest BCUT2D eigenvalue weighted by atomic mass is 35.5. The lowest BCUT2D eigenvalue weighted by atomic mass is 10.1. The third kappa shape index (κ3) is 6.37. The van der Waals surface area contributed by atoms with Gasteiger partial charge in [0.1, 0.15) is 5.75 Å². The van der Waals surface area contributed by atoms with Crippen LogP contribution < -0.4 is 14.8 Å². The summed E-state index contributed by atoms with van der Waals surface area (Å²) < 4.78 is 33.4. The number of rotatable bonds is 8. The monoisotopic (exact) mass is 512 g/mol. The van der Waals surface area contributed by atoms with Crippen LogP contribution in [-0.2, 0) is 14.8 Å². The molecule has 10 heteroatoms. The van der Waals surface area contributed by atoms with Gasteiger partial charge in [-0.1, -0.05) is 65.1 Å². The SMILES string of the molecule is C[C@H](NS(=O)(=O)c1ccc(OCC(=O)Nc2ccc(Cl)c(Cl)c2)c(Cl)c1)c1ccccc1. The first-order chi connectivity index (χ1) is 15.2. The van der Waals surface area contributed by atoms with Gasteiger partial charge in [-0.15, -0.1) is 0 Å². The minimum Gasteiger partial charge on any atom is -0.482 e. The first-order valence-electron chi connectivity index (χ1n) is 9.40. The zero-order chi connectivity index (χ0) is 23.3. The molecule has 0 radical (unpaired) electrons. The predicted molar refractivity (Wildman–Crippen MR) is 127 cm³/mol. The van der Waals surface area contributed by atoms with Gasteiger partial charge < -0.3 is 10.1 Å². The van der Waals surface area contributed by atoms with Gasteiger partial charge in [0.25, 0.3) is 5.91 Å². The fourth-order valence-corrected chi connectivity index (χ4v) is 4.65. The maximum Gasteiger partial charge on any atom is 0.262 e. The van der Waals surface area contributed by atoms with E-state index in [1.807, 2.05) is 30.3 Å².